The summed E-state index contributed by atoms with van der Waals surface area (Å²) in [5, 5.41) is 11.9. The van der Waals surface area contributed by atoms with Gasteiger partial charge in [-0.25, -0.2) is 0 Å². The van der Waals surface area contributed by atoms with Crippen LogP contribution >= 0.6 is 0 Å². The van der Waals surface area contributed by atoms with Crippen molar-refractivity contribution < 1.29 is 9.90 Å². The molecule has 0 spiro atoms. The number of anilines is 1. The third-order valence-electron chi connectivity index (χ3n) is 4.01. The summed E-state index contributed by atoms with van der Waals surface area (Å²) >= 11 is 0. The van der Waals surface area contributed by atoms with Crippen LogP contribution in [-0.2, 0) is 11.2 Å². The topological polar surface area (TPSA) is 49.3 Å². The quantitative estimate of drug-likeness (QED) is 0.875. The number of benzene rings is 1. The van der Waals surface area contributed by atoms with Gasteiger partial charge in [-0.3, -0.25) is 4.79 Å². The molecule has 1 aromatic carbocycles. The fraction of sp³-hybridized carbons (Fsp3) is 0.562. The molecule has 0 atom stereocenters. The molecule has 3 heteroatoms. The van der Waals surface area contributed by atoms with Crippen molar-refractivity contribution in [1.29, 1.82) is 0 Å². The molecule has 104 valence electrons. The van der Waals surface area contributed by atoms with E-state index in [4.69, 9.17) is 5.11 Å². The summed E-state index contributed by atoms with van der Waals surface area (Å²) in [5.74, 6) is 1.09. The Hall–Kier alpha value is -1.35. The fourth-order valence-electron chi connectivity index (χ4n) is 2.65. The fourth-order valence-corrected chi connectivity index (χ4v) is 2.65. The van der Waals surface area contributed by atoms with E-state index in [-0.39, 0.29) is 18.4 Å². The van der Waals surface area contributed by atoms with E-state index in [1.54, 1.807) is 0 Å². The van der Waals surface area contributed by atoms with E-state index in [2.05, 4.69) is 12.2 Å². The summed E-state index contributed by atoms with van der Waals surface area (Å²) in [6.07, 6.45) is 5.00. The van der Waals surface area contributed by atoms with Gasteiger partial charge < -0.3 is 10.4 Å². The Kier molecular flexibility index (Phi) is 4.97. The minimum Gasteiger partial charge on any atom is -0.396 e. The molecule has 1 saturated carbocycles. The van der Waals surface area contributed by atoms with Gasteiger partial charge in [0.15, 0.2) is 0 Å². The van der Waals surface area contributed by atoms with Crippen molar-refractivity contribution in [2.45, 2.75) is 39.0 Å². The molecule has 19 heavy (non-hydrogen) atoms. The van der Waals surface area contributed by atoms with E-state index in [1.165, 1.54) is 0 Å². The first-order valence-electron chi connectivity index (χ1n) is 7.19. The van der Waals surface area contributed by atoms with Crippen LogP contribution in [0.25, 0.3) is 0 Å². The highest BCUT2D eigenvalue weighted by Crippen LogP contribution is 2.29. The van der Waals surface area contributed by atoms with E-state index in [9.17, 15) is 4.79 Å². The van der Waals surface area contributed by atoms with Gasteiger partial charge in [-0.1, -0.05) is 19.1 Å². The summed E-state index contributed by atoms with van der Waals surface area (Å²) in [4.78, 5) is 12.1. The van der Waals surface area contributed by atoms with Crippen molar-refractivity contribution >= 4 is 11.6 Å². The Balaban J connectivity index is 1.88. The van der Waals surface area contributed by atoms with Gasteiger partial charge in [0.2, 0.25) is 5.91 Å². The maximum Gasteiger partial charge on any atom is 0.227 e. The molecule has 0 heterocycles. The van der Waals surface area contributed by atoms with Crippen molar-refractivity contribution in [3.63, 3.8) is 0 Å². The van der Waals surface area contributed by atoms with Crippen LogP contribution in [0, 0.1) is 11.8 Å². The summed E-state index contributed by atoms with van der Waals surface area (Å²) in [6.45, 7) is 2.42. The van der Waals surface area contributed by atoms with Crippen molar-refractivity contribution in [3.8, 4) is 0 Å². The summed E-state index contributed by atoms with van der Waals surface area (Å²) < 4.78 is 0. The Bertz CT molecular complexity index is 405. The third kappa shape index (κ3) is 4.06. The van der Waals surface area contributed by atoms with Crippen LogP contribution in [0.2, 0.25) is 0 Å². The molecular formula is C16H23NO2. The lowest BCUT2D eigenvalue weighted by Gasteiger charge is -2.25. The molecule has 1 amide bonds. The number of hydrogen-bond donors (Lipinski definition) is 2. The highest BCUT2D eigenvalue weighted by Gasteiger charge is 2.24. The zero-order valence-corrected chi connectivity index (χ0v) is 11.6. The zero-order valence-electron chi connectivity index (χ0n) is 11.6. The van der Waals surface area contributed by atoms with Gasteiger partial charge in [0.25, 0.3) is 0 Å². The van der Waals surface area contributed by atoms with Crippen LogP contribution in [0.15, 0.2) is 24.3 Å². The smallest absolute Gasteiger partial charge is 0.227 e. The molecule has 1 aliphatic carbocycles. The monoisotopic (exact) mass is 261 g/mol. The average Bonchev–Trinajstić information content (AvgIpc) is 2.42. The van der Waals surface area contributed by atoms with E-state index in [0.29, 0.717) is 6.42 Å². The van der Waals surface area contributed by atoms with Gasteiger partial charge in [-0.2, -0.15) is 0 Å². The molecule has 0 radical (unpaired) electrons. The maximum absolute atomic E-state index is 12.1. The van der Waals surface area contributed by atoms with Crippen LogP contribution in [0.1, 0.15) is 38.2 Å². The first kappa shape index (κ1) is 14.1. The first-order valence-corrected chi connectivity index (χ1v) is 7.19. The highest BCUT2D eigenvalue weighted by atomic mass is 16.2. The van der Waals surface area contributed by atoms with Gasteiger partial charge in [-0.05, 0) is 55.7 Å². The van der Waals surface area contributed by atoms with Crippen molar-refractivity contribution in [2.24, 2.45) is 11.8 Å². The normalized spacial score (nSPS) is 23.1. The summed E-state index contributed by atoms with van der Waals surface area (Å²) in [5.41, 5.74) is 1.94. The third-order valence-corrected chi connectivity index (χ3v) is 4.01. The molecule has 2 rings (SSSR count). The maximum atomic E-state index is 12.1. The largest absolute Gasteiger partial charge is 0.396 e. The van der Waals surface area contributed by atoms with Crippen molar-refractivity contribution in [1.82, 2.24) is 0 Å². The predicted octanol–water partition coefficient (Wildman–Crippen LogP) is 2.99. The van der Waals surface area contributed by atoms with Crippen molar-refractivity contribution in [3.05, 3.63) is 29.8 Å². The van der Waals surface area contributed by atoms with E-state index in [1.807, 2.05) is 24.3 Å². The van der Waals surface area contributed by atoms with Gasteiger partial charge in [0.1, 0.15) is 0 Å². The lowest BCUT2D eigenvalue weighted by Crippen LogP contribution is -2.26. The standard InChI is InChI=1S/C16H23NO2/c1-12-2-6-14(7-3-12)16(19)17-15-8-4-13(5-9-15)10-11-18/h4-5,8-9,12,14,18H,2-3,6-7,10-11H2,1H3,(H,17,19). The minimum absolute atomic E-state index is 0.154. The molecule has 0 unspecified atom stereocenters. The van der Waals surface area contributed by atoms with E-state index in [0.717, 1.165) is 42.9 Å². The van der Waals surface area contributed by atoms with E-state index < -0.39 is 0 Å². The number of nitrogens with one attached hydrogen (secondary N) is 1. The van der Waals surface area contributed by atoms with Gasteiger partial charge in [-0.15, -0.1) is 0 Å². The second-order valence-electron chi connectivity index (χ2n) is 5.62. The number of carbonyl (C=O) groups excluding carboxylic acids is 1. The number of carbonyl (C=O) groups is 1. The summed E-state index contributed by atoms with van der Waals surface area (Å²) in [6, 6.07) is 7.73. The molecule has 1 aromatic rings. The molecule has 3 nitrogen and oxygen atoms in total. The van der Waals surface area contributed by atoms with Gasteiger partial charge >= 0.3 is 0 Å². The second kappa shape index (κ2) is 6.71. The predicted molar refractivity (Wildman–Crippen MR) is 77.0 cm³/mol. The number of aliphatic hydroxyl groups is 1. The molecule has 0 bridgehead atoms. The second-order valence-corrected chi connectivity index (χ2v) is 5.62. The van der Waals surface area contributed by atoms with Gasteiger partial charge in [0.05, 0.1) is 0 Å². The Morgan fingerprint density at radius 3 is 2.42 bits per heavy atom. The summed E-state index contributed by atoms with van der Waals surface area (Å²) in [7, 11) is 0. The number of hydrogen-bond acceptors (Lipinski definition) is 2. The van der Waals surface area contributed by atoms with Crippen LogP contribution < -0.4 is 5.32 Å². The molecule has 0 aliphatic heterocycles. The van der Waals surface area contributed by atoms with Crippen LogP contribution in [-0.4, -0.2) is 17.6 Å². The molecule has 1 fully saturated rings. The molecule has 1 aliphatic rings. The molecule has 0 aromatic heterocycles. The lowest BCUT2D eigenvalue weighted by molar-refractivity contribution is -0.121. The molecule has 0 saturated heterocycles. The van der Waals surface area contributed by atoms with E-state index >= 15 is 0 Å². The minimum atomic E-state index is 0.154. The Morgan fingerprint density at radius 2 is 1.84 bits per heavy atom. The first-order chi connectivity index (χ1) is 9.19. The van der Waals surface area contributed by atoms with Crippen LogP contribution in [0.3, 0.4) is 0 Å². The lowest BCUT2D eigenvalue weighted by atomic mass is 9.82. The molecular weight excluding hydrogens is 238 g/mol. The zero-order chi connectivity index (χ0) is 13.7. The average molecular weight is 261 g/mol. The number of rotatable bonds is 4. The van der Waals surface area contributed by atoms with Crippen LogP contribution in [0.4, 0.5) is 5.69 Å². The SMILES string of the molecule is CC1CCC(C(=O)Nc2ccc(CCO)cc2)CC1. The van der Waals surface area contributed by atoms with Gasteiger partial charge in [0, 0.05) is 18.2 Å². The number of aliphatic hydroxyl groups excluding tert-OH is 1. The highest BCUT2D eigenvalue weighted by molar-refractivity contribution is 5.92. The Morgan fingerprint density at radius 1 is 1.21 bits per heavy atom. The van der Waals surface area contributed by atoms with Crippen molar-refractivity contribution in [2.75, 3.05) is 11.9 Å². The number of amides is 1. The Labute approximate surface area is 115 Å². The molecule has 2 N–H and O–H groups in total. The van der Waals surface area contributed by atoms with Crippen LogP contribution in [0.5, 0.6) is 0 Å².